The number of halogens is 1. The molecule has 0 bridgehead atoms. The van der Waals surface area contributed by atoms with E-state index >= 15 is 0 Å². The highest BCUT2D eigenvalue weighted by Gasteiger charge is 2.40. The second-order valence-electron chi connectivity index (χ2n) is 16.1. The molecule has 3 N–H and O–H groups in total. The zero-order valence-electron chi connectivity index (χ0n) is 38.2. The summed E-state index contributed by atoms with van der Waals surface area (Å²) >= 11 is 3.27. The Balaban J connectivity index is 0.000000385. The lowest BCUT2D eigenvalue weighted by molar-refractivity contribution is -0.138. The predicted octanol–water partition coefficient (Wildman–Crippen LogP) is 12.7. The molecular weight excluding hydrogens is 914 g/mol. The number of aliphatic imine (C=N–C) groups is 2. The molecule has 2 atom stereocenters. The maximum atomic E-state index is 13.5. The highest BCUT2D eigenvalue weighted by molar-refractivity contribution is 9.09. The summed E-state index contributed by atoms with van der Waals surface area (Å²) in [7, 11) is -6.38. The van der Waals surface area contributed by atoms with E-state index < -0.39 is 33.1 Å². The first-order chi connectivity index (χ1) is 29.9. The van der Waals surface area contributed by atoms with Gasteiger partial charge in [-0.2, -0.15) is 0 Å². The number of benzene rings is 2. The number of unbranched alkanes of at least 4 members (excludes halogenated alkanes) is 6. The standard InChI is InChI=1S/C24H36NO7P.C16H24NO3P.C6H11BrO2/c1-19-24(2,20-11-7-8-12-21(20)25-19)15-18-33(30,31-16-9-3-5-13-22(26)27)32-17-10-4-6-14-23(28)29;1-5-19-21(18,20-6-2)12-11-16(4)13(3)17-15-10-8-7-9-14(15)16;7-5-3-1-2-4-6(8)9/h7-8,11-12H,3-6,9-10,13-18H2,1-2H3,(H,26,27)(H,28,29);7-10H,5-6,11-12H2,1-4H3;1-5H2,(H,8,9). The number of hydrogen-bond acceptors (Lipinski definition) is 11. The molecule has 2 aliphatic rings. The number of carbonyl (C=O) groups is 3. The Morgan fingerprint density at radius 1 is 0.571 bits per heavy atom. The number of para-hydroxylation sites is 2. The van der Waals surface area contributed by atoms with E-state index in [2.05, 4.69) is 45.8 Å². The van der Waals surface area contributed by atoms with Crippen LogP contribution in [0.5, 0.6) is 0 Å². The van der Waals surface area contributed by atoms with Gasteiger partial charge in [0.2, 0.25) is 0 Å². The Morgan fingerprint density at radius 3 is 1.27 bits per heavy atom. The Labute approximate surface area is 383 Å². The first-order valence-corrected chi connectivity index (χ1v) is 26.7. The molecule has 0 amide bonds. The van der Waals surface area contributed by atoms with Gasteiger partial charge in [-0.1, -0.05) is 85.4 Å². The maximum absolute atomic E-state index is 13.5. The molecule has 2 aliphatic heterocycles. The minimum Gasteiger partial charge on any atom is -0.481 e. The lowest BCUT2D eigenvalue weighted by atomic mass is 9.78. The Morgan fingerprint density at radius 2 is 0.921 bits per heavy atom. The van der Waals surface area contributed by atoms with Crippen LogP contribution in [0.4, 0.5) is 11.4 Å². The SMILES string of the molecule is CC1=Nc2ccccc2C1(C)CCP(=O)(OCCCCCC(=O)O)OCCCCCC(=O)O.CCOP(=O)(CCC1(C)C(C)=Nc2ccccc21)OCC.O=C(O)CCCCCBr. The molecule has 0 aliphatic carbocycles. The number of hydrogen-bond donors (Lipinski definition) is 3. The largest absolute Gasteiger partial charge is 0.481 e. The molecule has 4 rings (SSSR count). The molecule has 354 valence electrons. The van der Waals surface area contributed by atoms with E-state index in [1.165, 1.54) is 5.56 Å². The summed E-state index contributed by atoms with van der Waals surface area (Å²) in [5.41, 5.74) is 5.74. The summed E-state index contributed by atoms with van der Waals surface area (Å²) in [4.78, 5) is 40.5. The van der Waals surface area contributed by atoms with Crippen LogP contribution in [-0.2, 0) is 52.4 Å². The smallest absolute Gasteiger partial charge is 0.330 e. The van der Waals surface area contributed by atoms with Crippen LogP contribution in [0, 0.1) is 0 Å². The monoisotopic (exact) mass is 984 g/mol. The molecular formula is C46H71BrN2O12P2. The van der Waals surface area contributed by atoms with Crippen LogP contribution < -0.4 is 0 Å². The summed E-state index contributed by atoms with van der Waals surface area (Å²) in [6.07, 6.45) is 9.04. The van der Waals surface area contributed by atoms with Gasteiger partial charge in [0, 0.05) is 46.8 Å². The Hall–Kier alpha value is -3.03. The lowest BCUT2D eigenvalue weighted by Crippen LogP contribution is -2.29. The highest BCUT2D eigenvalue weighted by Crippen LogP contribution is 2.54. The van der Waals surface area contributed by atoms with Crippen molar-refractivity contribution >= 4 is 71.8 Å². The third-order valence-electron chi connectivity index (χ3n) is 11.3. The molecule has 2 unspecified atom stereocenters. The number of aliphatic carboxylic acids is 3. The molecule has 0 spiro atoms. The molecule has 2 aromatic rings. The fourth-order valence-corrected chi connectivity index (χ4v) is 11.3. The van der Waals surface area contributed by atoms with Crippen LogP contribution >= 0.6 is 31.1 Å². The highest BCUT2D eigenvalue weighted by atomic mass is 79.9. The third kappa shape index (κ3) is 19.5. The summed E-state index contributed by atoms with van der Waals surface area (Å²) in [6, 6.07) is 16.1. The van der Waals surface area contributed by atoms with Gasteiger partial charge in [0.1, 0.15) is 0 Å². The molecule has 0 fully saturated rings. The zero-order chi connectivity index (χ0) is 46.9. The van der Waals surface area contributed by atoms with Gasteiger partial charge in [0.05, 0.1) is 50.1 Å². The van der Waals surface area contributed by atoms with Crippen molar-refractivity contribution in [2.24, 2.45) is 9.98 Å². The Bertz CT molecular complexity index is 1870. The molecule has 17 heteroatoms. The van der Waals surface area contributed by atoms with E-state index in [4.69, 9.17) is 33.4 Å². The van der Waals surface area contributed by atoms with Gasteiger partial charge in [-0.25, -0.2) is 0 Å². The van der Waals surface area contributed by atoms with E-state index in [1.54, 1.807) is 0 Å². The van der Waals surface area contributed by atoms with Gasteiger partial charge in [-0.3, -0.25) is 33.5 Å². The van der Waals surface area contributed by atoms with Crippen molar-refractivity contribution in [2.45, 2.75) is 142 Å². The van der Waals surface area contributed by atoms with Crippen molar-refractivity contribution < 1.29 is 56.9 Å². The van der Waals surface area contributed by atoms with Crippen molar-refractivity contribution in [3.05, 3.63) is 59.7 Å². The predicted molar refractivity (Wildman–Crippen MR) is 255 cm³/mol. The number of fused-ring (bicyclic) bond motifs is 2. The van der Waals surface area contributed by atoms with E-state index in [9.17, 15) is 23.5 Å². The van der Waals surface area contributed by atoms with E-state index in [0.717, 1.165) is 53.0 Å². The van der Waals surface area contributed by atoms with Crippen molar-refractivity contribution in [2.75, 3.05) is 44.1 Å². The molecule has 0 aromatic heterocycles. The number of carboxylic acid groups (broad SMARTS) is 3. The summed E-state index contributed by atoms with van der Waals surface area (Å²) < 4.78 is 48.5. The average molecular weight is 986 g/mol. The van der Waals surface area contributed by atoms with E-state index in [0.29, 0.717) is 77.2 Å². The maximum Gasteiger partial charge on any atom is 0.330 e. The molecule has 2 heterocycles. The molecule has 14 nitrogen and oxygen atoms in total. The lowest BCUT2D eigenvalue weighted by Gasteiger charge is -2.28. The van der Waals surface area contributed by atoms with Crippen LogP contribution in [0.2, 0.25) is 0 Å². The van der Waals surface area contributed by atoms with Crippen molar-refractivity contribution in [3.8, 4) is 0 Å². The molecule has 2 aromatic carbocycles. The number of carboxylic acids is 3. The van der Waals surface area contributed by atoms with Crippen LogP contribution in [0.15, 0.2) is 58.5 Å². The van der Waals surface area contributed by atoms with E-state index in [-0.39, 0.29) is 43.0 Å². The first kappa shape index (κ1) is 56.1. The summed E-state index contributed by atoms with van der Waals surface area (Å²) in [5.74, 6) is -2.34. The number of rotatable bonds is 29. The van der Waals surface area contributed by atoms with Crippen LogP contribution in [-0.4, -0.2) is 88.7 Å². The quantitative estimate of drug-likeness (QED) is 0.0395. The van der Waals surface area contributed by atoms with E-state index in [1.807, 2.05) is 70.2 Å². The Kier molecular flexibility index (Phi) is 25.6. The molecule has 0 saturated carbocycles. The second kappa shape index (κ2) is 28.8. The van der Waals surface area contributed by atoms with Gasteiger partial charge in [-0.05, 0) is 102 Å². The minimum absolute atomic E-state index is 0.112. The zero-order valence-corrected chi connectivity index (χ0v) is 41.5. The van der Waals surface area contributed by atoms with Crippen molar-refractivity contribution in [1.82, 2.24) is 0 Å². The summed E-state index contributed by atoms with van der Waals surface area (Å²) in [5, 5.41) is 26.7. The molecule has 63 heavy (non-hydrogen) atoms. The topological polar surface area (TPSA) is 208 Å². The van der Waals surface area contributed by atoms with Gasteiger partial charge in [-0.15, -0.1) is 0 Å². The normalized spacial score (nSPS) is 17.6. The average Bonchev–Trinajstić information content (AvgIpc) is 3.65. The number of nitrogens with zero attached hydrogens (tertiary/aromatic N) is 2. The van der Waals surface area contributed by atoms with Crippen LogP contribution in [0.3, 0.4) is 0 Å². The van der Waals surface area contributed by atoms with Crippen LogP contribution in [0.1, 0.15) is 143 Å². The molecule has 0 radical (unpaired) electrons. The van der Waals surface area contributed by atoms with Crippen molar-refractivity contribution in [3.63, 3.8) is 0 Å². The fourth-order valence-electron chi connectivity index (χ4n) is 7.22. The number of alkyl halides is 1. The fraction of sp³-hybridized carbons (Fsp3) is 0.630. The van der Waals surface area contributed by atoms with Gasteiger partial charge >= 0.3 is 33.1 Å². The van der Waals surface area contributed by atoms with Gasteiger partial charge in [0.15, 0.2) is 0 Å². The summed E-state index contributed by atoms with van der Waals surface area (Å²) in [6.45, 7) is 13.2. The van der Waals surface area contributed by atoms with Crippen molar-refractivity contribution in [1.29, 1.82) is 0 Å². The van der Waals surface area contributed by atoms with Gasteiger partial charge in [0.25, 0.3) is 0 Å². The minimum atomic E-state index is -3.38. The third-order valence-corrected chi connectivity index (χ3v) is 15.8. The second-order valence-corrected chi connectivity index (χ2v) is 21.2. The first-order valence-electron chi connectivity index (χ1n) is 22.2. The molecule has 0 saturated heterocycles. The van der Waals surface area contributed by atoms with Gasteiger partial charge < -0.3 is 33.4 Å². The van der Waals surface area contributed by atoms with Crippen LogP contribution in [0.25, 0.3) is 0 Å².